The smallest absolute Gasteiger partial charge is 0.147 e. The zero-order valence-electron chi connectivity index (χ0n) is 11.3. The lowest BCUT2D eigenvalue weighted by Gasteiger charge is -2.23. The fraction of sp³-hybridized carbons (Fsp3) is 0.538. The van der Waals surface area contributed by atoms with Crippen LogP contribution in [0.15, 0.2) is 25.6 Å². The monoisotopic (exact) mass is 489 g/mol. The third kappa shape index (κ3) is 6.94. The van der Waals surface area contributed by atoms with Crippen molar-refractivity contribution in [3.63, 3.8) is 0 Å². The van der Waals surface area contributed by atoms with Crippen molar-refractivity contribution in [1.82, 2.24) is 4.90 Å². The summed E-state index contributed by atoms with van der Waals surface area (Å²) in [5, 5.41) is 27.9. The van der Waals surface area contributed by atoms with E-state index >= 15 is 0 Å². The second-order valence-electron chi connectivity index (χ2n) is 4.41. The molecule has 0 fully saturated rings. The van der Waals surface area contributed by atoms with Gasteiger partial charge in [0.05, 0.1) is 22.2 Å². The molecule has 0 saturated carbocycles. The number of rotatable bonds is 9. The van der Waals surface area contributed by atoms with E-state index in [0.717, 1.165) is 13.4 Å². The molecule has 0 spiro atoms. The van der Waals surface area contributed by atoms with Gasteiger partial charge in [0, 0.05) is 24.1 Å². The molecule has 0 amide bonds. The van der Waals surface area contributed by atoms with Crippen molar-refractivity contribution in [2.45, 2.75) is 6.10 Å². The highest BCUT2D eigenvalue weighted by atomic mass is 79.9. The number of hydrogen-bond donors (Lipinski definition) is 3. The first-order chi connectivity index (χ1) is 9.97. The molecule has 0 aliphatic rings. The van der Waals surface area contributed by atoms with Crippen molar-refractivity contribution in [3.8, 4) is 5.75 Å². The lowest BCUT2D eigenvalue weighted by Crippen LogP contribution is -2.38. The molecule has 1 aromatic rings. The van der Waals surface area contributed by atoms with Crippen LogP contribution in [0.3, 0.4) is 0 Å². The third-order valence-electron chi connectivity index (χ3n) is 2.68. The number of aliphatic hydroxyl groups is 3. The van der Waals surface area contributed by atoms with Gasteiger partial charge in [-0.1, -0.05) is 15.9 Å². The van der Waals surface area contributed by atoms with Crippen molar-refractivity contribution in [1.29, 1.82) is 0 Å². The standard InChI is InChI=1S/C13H18Br3NO4/c14-9-5-11(15)13(12(16)6-9)21-8-10(20)7-17(1-3-18)2-4-19/h5-6,10,18-20H,1-4,7-8H2/t10-/m1/s1. The average molecular weight is 492 g/mol. The molecule has 0 aromatic heterocycles. The van der Waals surface area contributed by atoms with E-state index in [0.29, 0.717) is 25.4 Å². The van der Waals surface area contributed by atoms with Crippen LogP contribution >= 0.6 is 47.8 Å². The maximum absolute atomic E-state index is 10.0. The van der Waals surface area contributed by atoms with Gasteiger partial charge < -0.3 is 20.1 Å². The van der Waals surface area contributed by atoms with Crippen LogP contribution in [0.1, 0.15) is 0 Å². The van der Waals surface area contributed by atoms with Crippen LogP contribution in [0.25, 0.3) is 0 Å². The van der Waals surface area contributed by atoms with Crippen LogP contribution in [0.5, 0.6) is 5.75 Å². The average Bonchev–Trinajstić information content (AvgIpc) is 2.37. The Kier molecular flexibility index (Phi) is 9.35. The first-order valence-electron chi connectivity index (χ1n) is 6.37. The predicted octanol–water partition coefficient (Wildman–Crippen LogP) is 2.00. The van der Waals surface area contributed by atoms with Crippen molar-refractivity contribution < 1.29 is 20.1 Å². The molecule has 1 aromatic carbocycles. The molecule has 1 atom stereocenters. The molecule has 0 aliphatic carbocycles. The van der Waals surface area contributed by atoms with E-state index in [1.165, 1.54) is 0 Å². The van der Waals surface area contributed by atoms with Gasteiger partial charge in [-0.3, -0.25) is 4.90 Å². The zero-order valence-corrected chi connectivity index (χ0v) is 16.1. The molecule has 0 unspecified atom stereocenters. The molecular weight excluding hydrogens is 474 g/mol. The number of halogens is 3. The summed E-state index contributed by atoms with van der Waals surface area (Å²) >= 11 is 10.2. The minimum Gasteiger partial charge on any atom is -0.488 e. The Labute approximate surface area is 149 Å². The number of hydrogen-bond acceptors (Lipinski definition) is 5. The molecule has 21 heavy (non-hydrogen) atoms. The molecule has 5 nitrogen and oxygen atoms in total. The van der Waals surface area contributed by atoms with Gasteiger partial charge in [0.1, 0.15) is 18.5 Å². The van der Waals surface area contributed by atoms with Crippen LogP contribution in [0.4, 0.5) is 0 Å². The molecule has 0 aliphatic heterocycles. The first-order valence-corrected chi connectivity index (χ1v) is 8.75. The fourth-order valence-electron chi connectivity index (χ4n) is 1.77. The summed E-state index contributed by atoms with van der Waals surface area (Å²) < 4.78 is 8.09. The summed E-state index contributed by atoms with van der Waals surface area (Å²) in [7, 11) is 0. The fourth-order valence-corrected chi connectivity index (χ4v) is 4.26. The van der Waals surface area contributed by atoms with Crippen molar-refractivity contribution >= 4 is 47.8 Å². The minimum atomic E-state index is -0.717. The van der Waals surface area contributed by atoms with Crippen LogP contribution < -0.4 is 4.74 Å². The Morgan fingerprint density at radius 2 is 1.57 bits per heavy atom. The Hall–Kier alpha value is 0.300. The van der Waals surface area contributed by atoms with Crippen molar-refractivity contribution in [2.24, 2.45) is 0 Å². The lowest BCUT2D eigenvalue weighted by atomic mass is 10.3. The Morgan fingerprint density at radius 3 is 2.05 bits per heavy atom. The number of ether oxygens (including phenoxy) is 1. The number of benzene rings is 1. The highest BCUT2D eigenvalue weighted by molar-refractivity contribution is 9.11. The van der Waals surface area contributed by atoms with Crippen LogP contribution in [0, 0.1) is 0 Å². The van der Waals surface area contributed by atoms with Crippen LogP contribution in [-0.4, -0.2) is 65.8 Å². The zero-order chi connectivity index (χ0) is 15.8. The minimum absolute atomic E-state index is 0.0165. The van der Waals surface area contributed by atoms with Gasteiger partial charge in [0.15, 0.2) is 0 Å². The second-order valence-corrected chi connectivity index (χ2v) is 7.04. The molecule has 120 valence electrons. The van der Waals surface area contributed by atoms with Gasteiger partial charge in [-0.15, -0.1) is 0 Å². The van der Waals surface area contributed by atoms with E-state index in [-0.39, 0.29) is 19.8 Å². The third-order valence-corrected chi connectivity index (χ3v) is 4.32. The Morgan fingerprint density at radius 1 is 1.05 bits per heavy atom. The normalized spacial score (nSPS) is 12.7. The van der Waals surface area contributed by atoms with E-state index in [1.54, 1.807) is 4.90 Å². The van der Waals surface area contributed by atoms with Crippen LogP contribution in [-0.2, 0) is 0 Å². The highest BCUT2D eigenvalue weighted by Crippen LogP contribution is 2.36. The Balaban J connectivity index is 2.54. The van der Waals surface area contributed by atoms with E-state index in [1.807, 2.05) is 12.1 Å². The largest absolute Gasteiger partial charge is 0.488 e. The molecule has 8 heteroatoms. The summed E-state index contributed by atoms with van der Waals surface area (Å²) in [6.45, 7) is 1.22. The summed E-state index contributed by atoms with van der Waals surface area (Å²) in [4.78, 5) is 1.78. The highest BCUT2D eigenvalue weighted by Gasteiger charge is 2.14. The summed E-state index contributed by atoms with van der Waals surface area (Å²) in [5.74, 6) is 0.619. The molecule has 0 radical (unpaired) electrons. The van der Waals surface area contributed by atoms with Gasteiger partial charge >= 0.3 is 0 Å². The van der Waals surface area contributed by atoms with Gasteiger partial charge in [-0.05, 0) is 44.0 Å². The van der Waals surface area contributed by atoms with Gasteiger partial charge in [0.2, 0.25) is 0 Å². The van der Waals surface area contributed by atoms with E-state index in [4.69, 9.17) is 14.9 Å². The SMILES string of the molecule is OCCN(CCO)C[C@@H](O)COc1c(Br)cc(Br)cc1Br. The van der Waals surface area contributed by atoms with Crippen molar-refractivity contribution in [2.75, 3.05) is 39.5 Å². The molecule has 0 bridgehead atoms. The Bertz CT molecular complexity index is 418. The van der Waals surface area contributed by atoms with E-state index < -0.39 is 6.10 Å². The molecule has 1 rings (SSSR count). The number of nitrogens with zero attached hydrogens (tertiary/aromatic N) is 1. The van der Waals surface area contributed by atoms with Gasteiger partial charge in [-0.25, -0.2) is 0 Å². The van der Waals surface area contributed by atoms with E-state index in [9.17, 15) is 5.11 Å². The predicted molar refractivity (Wildman–Crippen MR) is 91.7 cm³/mol. The topological polar surface area (TPSA) is 73.2 Å². The maximum Gasteiger partial charge on any atom is 0.147 e. The summed E-state index contributed by atoms with van der Waals surface area (Å²) in [5.41, 5.74) is 0. The molecule has 0 heterocycles. The molecular formula is C13H18Br3NO4. The molecule has 3 N–H and O–H groups in total. The molecule has 0 saturated heterocycles. The lowest BCUT2D eigenvalue weighted by molar-refractivity contribution is 0.0548. The summed E-state index contributed by atoms with van der Waals surface area (Å²) in [6.07, 6.45) is -0.717. The van der Waals surface area contributed by atoms with E-state index in [2.05, 4.69) is 47.8 Å². The van der Waals surface area contributed by atoms with Crippen molar-refractivity contribution in [3.05, 3.63) is 25.6 Å². The first kappa shape index (κ1) is 19.3. The van der Waals surface area contributed by atoms with Gasteiger partial charge in [0.25, 0.3) is 0 Å². The quantitative estimate of drug-likeness (QED) is 0.493. The maximum atomic E-state index is 10.0. The van der Waals surface area contributed by atoms with Crippen LogP contribution in [0.2, 0.25) is 0 Å². The van der Waals surface area contributed by atoms with Gasteiger partial charge in [-0.2, -0.15) is 0 Å². The summed E-state index contributed by atoms with van der Waals surface area (Å²) in [6, 6.07) is 3.71. The number of aliphatic hydroxyl groups excluding tert-OH is 3. The second kappa shape index (κ2) is 10.1.